The largest absolute Gasteiger partial charge is 0.496 e. The van der Waals surface area contributed by atoms with Crippen molar-refractivity contribution in [3.8, 4) is 5.75 Å². The van der Waals surface area contributed by atoms with Crippen LogP contribution in [0, 0.1) is 11.7 Å². The lowest BCUT2D eigenvalue weighted by atomic mass is 9.99. The molecule has 5 heteroatoms. The number of carbonyl (C=O) groups excluding carboxylic acids is 1. The molecule has 1 aromatic carbocycles. The van der Waals surface area contributed by atoms with Crippen molar-refractivity contribution in [1.82, 2.24) is 4.90 Å². The summed E-state index contributed by atoms with van der Waals surface area (Å²) >= 11 is 0. The monoisotopic (exact) mass is 295 g/mol. The SMILES string of the molecule is COc1ccc(F)cc1C(=O)CN(C)CC1CCOCC1. The van der Waals surface area contributed by atoms with E-state index >= 15 is 0 Å². The van der Waals surface area contributed by atoms with E-state index < -0.39 is 5.82 Å². The van der Waals surface area contributed by atoms with Crippen LogP contribution in [0.15, 0.2) is 18.2 Å². The van der Waals surface area contributed by atoms with Gasteiger partial charge in [-0.3, -0.25) is 9.69 Å². The van der Waals surface area contributed by atoms with Crippen molar-refractivity contribution in [2.45, 2.75) is 12.8 Å². The molecule has 0 atom stereocenters. The van der Waals surface area contributed by atoms with E-state index in [1.165, 1.54) is 25.3 Å². The Hall–Kier alpha value is -1.46. The molecule has 1 aromatic rings. The molecule has 1 aliphatic heterocycles. The van der Waals surface area contributed by atoms with Gasteiger partial charge in [0, 0.05) is 19.8 Å². The molecule has 1 saturated heterocycles. The van der Waals surface area contributed by atoms with Gasteiger partial charge in [-0.25, -0.2) is 4.39 Å². The lowest BCUT2D eigenvalue weighted by Gasteiger charge is -2.26. The number of likely N-dealkylation sites (N-methyl/N-ethyl adjacent to an activating group) is 1. The van der Waals surface area contributed by atoms with E-state index in [1.54, 1.807) is 0 Å². The molecule has 0 amide bonds. The van der Waals surface area contributed by atoms with Gasteiger partial charge in [-0.2, -0.15) is 0 Å². The van der Waals surface area contributed by atoms with Crippen LogP contribution in [0.4, 0.5) is 4.39 Å². The van der Waals surface area contributed by atoms with Gasteiger partial charge in [0.1, 0.15) is 11.6 Å². The second kappa shape index (κ2) is 7.52. The van der Waals surface area contributed by atoms with Crippen LogP contribution in [-0.2, 0) is 4.74 Å². The quantitative estimate of drug-likeness (QED) is 0.755. The minimum Gasteiger partial charge on any atom is -0.496 e. The Morgan fingerprint density at radius 1 is 1.43 bits per heavy atom. The second-order valence-corrected chi connectivity index (χ2v) is 5.52. The average Bonchev–Trinajstić information content (AvgIpc) is 2.48. The number of hydrogen-bond donors (Lipinski definition) is 0. The highest BCUT2D eigenvalue weighted by atomic mass is 19.1. The predicted molar refractivity (Wildman–Crippen MR) is 78.3 cm³/mol. The number of halogens is 1. The maximum absolute atomic E-state index is 13.3. The molecule has 0 bridgehead atoms. The fourth-order valence-corrected chi connectivity index (χ4v) is 2.66. The van der Waals surface area contributed by atoms with Crippen LogP contribution in [0.25, 0.3) is 0 Å². The van der Waals surface area contributed by atoms with Crippen molar-refractivity contribution in [1.29, 1.82) is 0 Å². The first-order valence-electron chi connectivity index (χ1n) is 7.23. The summed E-state index contributed by atoms with van der Waals surface area (Å²) in [6, 6.07) is 4.02. The first-order valence-corrected chi connectivity index (χ1v) is 7.23. The zero-order valence-electron chi connectivity index (χ0n) is 12.6. The first kappa shape index (κ1) is 15.9. The van der Waals surface area contributed by atoms with Crippen molar-refractivity contribution in [3.63, 3.8) is 0 Å². The number of benzene rings is 1. The van der Waals surface area contributed by atoms with E-state index in [4.69, 9.17) is 9.47 Å². The molecule has 2 rings (SSSR count). The van der Waals surface area contributed by atoms with E-state index in [1.807, 2.05) is 11.9 Å². The van der Waals surface area contributed by atoms with Gasteiger partial charge in [0.25, 0.3) is 0 Å². The summed E-state index contributed by atoms with van der Waals surface area (Å²) in [5, 5.41) is 0. The summed E-state index contributed by atoms with van der Waals surface area (Å²) < 4.78 is 23.8. The van der Waals surface area contributed by atoms with E-state index in [0.29, 0.717) is 17.2 Å². The Morgan fingerprint density at radius 3 is 2.81 bits per heavy atom. The predicted octanol–water partition coefficient (Wildman–Crippen LogP) is 2.38. The van der Waals surface area contributed by atoms with E-state index in [2.05, 4.69) is 0 Å². The van der Waals surface area contributed by atoms with Gasteiger partial charge < -0.3 is 9.47 Å². The highest BCUT2D eigenvalue weighted by Crippen LogP contribution is 2.21. The number of nitrogens with zero attached hydrogens (tertiary/aromatic N) is 1. The minimum absolute atomic E-state index is 0.124. The van der Waals surface area contributed by atoms with E-state index in [0.717, 1.165) is 32.6 Å². The summed E-state index contributed by atoms with van der Waals surface area (Å²) in [6.07, 6.45) is 2.06. The second-order valence-electron chi connectivity index (χ2n) is 5.52. The molecule has 0 aliphatic carbocycles. The Balaban J connectivity index is 1.95. The van der Waals surface area contributed by atoms with Gasteiger partial charge in [-0.1, -0.05) is 0 Å². The molecule has 0 saturated carbocycles. The maximum atomic E-state index is 13.3. The molecule has 0 spiro atoms. The van der Waals surface area contributed by atoms with Crippen LogP contribution in [0.2, 0.25) is 0 Å². The molecule has 0 N–H and O–H groups in total. The summed E-state index contributed by atoms with van der Waals surface area (Å²) in [4.78, 5) is 14.3. The standard InChI is InChI=1S/C16H22FNO3/c1-18(10-12-5-7-21-8-6-12)11-15(19)14-9-13(17)3-4-16(14)20-2/h3-4,9,12H,5-8,10-11H2,1-2H3. The maximum Gasteiger partial charge on any atom is 0.180 e. The first-order chi connectivity index (χ1) is 10.1. The Morgan fingerprint density at radius 2 is 2.14 bits per heavy atom. The minimum atomic E-state index is -0.425. The number of Topliss-reactive ketones (excluding diaryl/α,β-unsaturated/α-hetero) is 1. The lowest BCUT2D eigenvalue weighted by molar-refractivity contribution is 0.0549. The number of rotatable bonds is 6. The van der Waals surface area contributed by atoms with Crippen molar-refractivity contribution >= 4 is 5.78 Å². The number of ether oxygens (including phenoxy) is 2. The van der Waals surface area contributed by atoms with Crippen LogP contribution < -0.4 is 4.74 Å². The molecule has 1 fully saturated rings. The number of ketones is 1. The van der Waals surface area contributed by atoms with Gasteiger partial charge in [0.15, 0.2) is 5.78 Å². The summed E-state index contributed by atoms with van der Waals surface area (Å²) in [5.74, 6) is 0.430. The third-order valence-corrected chi connectivity index (χ3v) is 3.79. The average molecular weight is 295 g/mol. The summed E-state index contributed by atoms with van der Waals surface area (Å²) in [5.41, 5.74) is 0.302. The van der Waals surface area contributed by atoms with Crippen LogP contribution in [0.1, 0.15) is 23.2 Å². The molecule has 0 aromatic heterocycles. The molecule has 1 heterocycles. The fraction of sp³-hybridized carbons (Fsp3) is 0.562. The molecular weight excluding hydrogens is 273 g/mol. The van der Waals surface area contributed by atoms with Crippen molar-refractivity contribution in [2.24, 2.45) is 5.92 Å². The summed E-state index contributed by atoms with van der Waals surface area (Å²) in [7, 11) is 3.40. The lowest BCUT2D eigenvalue weighted by Crippen LogP contribution is -2.33. The van der Waals surface area contributed by atoms with Gasteiger partial charge in [0.2, 0.25) is 0 Å². The molecule has 0 unspecified atom stereocenters. The van der Waals surface area contributed by atoms with Gasteiger partial charge in [0.05, 0.1) is 19.2 Å². The van der Waals surface area contributed by atoms with Gasteiger partial charge in [-0.05, 0) is 44.0 Å². The number of carbonyl (C=O) groups is 1. The molecule has 4 nitrogen and oxygen atoms in total. The third kappa shape index (κ3) is 4.51. The van der Waals surface area contributed by atoms with Gasteiger partial charge >= 0.3 is 0 Å². The normalized spacial score (nSPS) is 16.2. The van der Waals surface area contributed by atoms with Crippen molar-refractivity contribution in [3.05, 3.63) is 29.6 Å². The molecule has 116 valence electrons. The smallest absolute Gasteiger partial charge is 0.180 e. The van der Waals surface area contributed by atoms with Crippen LogP contribution in [0.5, 0.6) is 5.75 Å². The number of methoxy groups -OCH3 is 1. The Kier molecular flexibility index (Phi) is 5.70. The number of hydrogen-bond acceptors (Lipinski definition) is 4. The zero-order valence-corrected chi connectivity index (χ0v) is 12.6. The molecular formula is C16H22FNO3. The van der Waals surface area contributed by atoms with Crippen molar-refractivity contribution < 1.29 is 18.7 Å². The zero-order chi connectivity index (χ0) is 15.2. The van der Waals surface area contributed by atoms with Crippen LogP contribution in [0.3, 0.4) is 0 Å². The Bertz CT molecular complexity index is 486. The topological polar surface area (TPSA) is 38.8 Å². The van der Waals surface area contributed by atoms with E-state index in [9.17, 15) is 9.18 Å². The fourth-order valence-electron chi connectivity index (χ4n) is 2.66. The highest BCUT2D eigenvalue weighted by Gasteiger charge is 2.19. The van der Waals surface area contributed by atoms with E-state index in [-0.39, 0.29) is 12.3 Å². The summed E-state index contributed by atoms with van der Waals surface area (Å²) in [6.45, 7) is 2.71. The molecule has 21 heavy (non-hydrogen) atoms. The van der Waals surface area contributed by atoms with Crippen LogP contribution >= 0.6 is 0 Å². The molecule has 0 radical (unpaired) electrons. The highest BCUT2D eigenvalue weighted by molar-refractivity contribution is 6.00. The van der Waals surface area contributed by atoms with Gasteiger partial charge in [-0.15, -0.1) is 0 Å². The third-order valence-electron chi connectivity index (χ3n) is 3.79. The van der Waals surface area contributed by atoms with Crippen molar-refractivity contribution in [2.75, 3.05) is 40.5 Å². The van der Waals surface area contributed by atoms with Crippen LogP contribution in [-0.4, -0.2) is 51.1 Å². The molecule has 1 aliphatic rings. The Labute approximate surface area is 124 Å².